The van der Waals surface area contributed by atoms with E-state index in [4.69, 9.17) is 67.5 Å². The first kappa shape index (κ1) is 14.4. The third-order valence-corrected chi connectivity index (χ3v) is 4.47. The average Bonchev–Trinajstić information content (AvgIpc) is 2.43. The van der Waals surface area contributed by atoms with E-state index in [0.29, 0.717) is 0 Å². The number of benzene rings is 2. The van der Waals surface area contributed by atoms with Crippen molar-refractivity contribution >= 4 is 58.0 Å². The Hall–Kier alpha value is -0.580. The standard InChI is InChI=1S/C12H2Cl5FO2/c13-3-1-5-6(2-4(3)14)20-12-9(17)10(18)7(15)8(16)11(12)19-5/h1-2H. The van der Waals surface area contributed by atoms with Crippen molar-refractivity contribution in [1.29, 1.82) is 0 Å². The summed E-state index contributed by atoms with van der Waals surface area (Å²) in [4.78, 5) is 0. The van der Waals surface area contributed by atoms with Gasteiger partial charge in [0, 0.05) is 12.1 Å². The van der Waals surface area contributed by atoms with Gasteiger partial charge in [-0.15, -0.1) is 0 Å². The van der Waals surface area contributed by atoms with Gasteiger partial charge in [0.25, 0.3) is 0 Å². The summed E-state index contributed by atoms with van der Waals surface area (Å²) < 4.78 is 24.8. The lowest BCUT2D eigenvalue weighted by molar-refractivity contribution is 0.357. The first-order valence-electron chi connectivity index (χ1n) is 5.11. The van der Waals surface area contributed by atoms with Crippen LogP contribution in [-0.4, -0.2) is 0 Å². The second-order valence-electron chi connectivity index (χ2n) is 3.83. The van der Waals surface area contributed by atoms with Crippen LogP contribution in [0.3, 0.4) is 0 Å². The molecule has 104 valence electrons. The normalized spacial score (nSPS) is 12.3. The molecule has 2 aromatic carbocycles. The summed E-state index contributed by atoms with van der Waals surface area (Å²) in [7, 11) is 0. The van der Waals surface area contributed by atoms with Gasteiger partial charge in [-0.2, -0.15) is 0 Å². The zero-order chi connectivity index (χ0) is 14.6. The molecule has 1 aliphatic rings. The SMILES string of the molecule is Fc1c(Cl)c(Cl)c2c(c1Cl)Oc1cc(Cl)c(Cl)cc1O2. The molecule has 2 aromatic rings. The van der Waals surface area contributed by atoms with Crippen molar-refractivity contribution in [2.24, 2.45) is 0 Å². The molecule has 0 saturated heterocycles. The summed E-state index contributed by atoms with van der Waals surface area (Å²) in [6.45, 7) is 0. The smallest absolute Gasteiger partial charge is 0.193 e. The summed E-state index contributed by atoms with van der Waals surface area (Å²) in [5.41, 5.74) is 0. The van der Waals surface area contributed by atoms with E-state index in [0.717, 1.165) is 0 Å². The number of hydrogen-bond acceptors (Lipinski definition) is 2. The maximum atomic E-state index is 13.8. The van der Waals surface area contributed by atoms with Crippen LogP contribution < -0.4 is 9.47 Å². The van der Waals surface area contributed by atoms with Gasteiger partial charge in [-0.1, -0.05) is 58.0 Å². The molecule has 0 spiro atoms. The number of fused-ring (bicyclic) bond motifs is 2. The quantitative estimate of drug-likeness (QED) is 0.312. The number of rotatable bonds is 0. The van der Waals surface area contributed by atoms with Crippen LogP contribution in [0.2, 0.25) is 25.1 Å². The van der Waals surface area contributed by atoms with Crippen LogP contribution in [0.25, 0.3) is 0 Å². The Bertz CT molecular complexity index is 686. The Labute approximate surface area is 137 Å². The zero-order valence-electron chi connectivity index (χ0n) is 9.24. The Morgan fingerprint density at radius 3 is 1.65 bits per heavy atom. The predicted molar refractivity (Wildman–Crippen MR) is 78.0 cm³/mol. The van der Waals surface area contributed by atoms with Crippen LogP contribution in [0.5, 0.6) is 23.0 Å². The van der Waals surface area contributed by atoms with Crippen molar-refractivity contribution in [2.75, 3.05) is 0 Å². The van der Waals surface area contributed by atoms with Gasteiger partial charge in [0.05, 0.1) is 10.0 Å². The molecule has 0 bridgehead atoms. The highest BCUT2D eigenvalue weighted by molar-refractivity contribution is 6.45. The molecule has 0 amide bonds. The summed E-state index contributed by atoms with van der Waals surface area (Å²) in [5, 5.41) is -0.282. The largest absolute Gasteiger partial charge is 0.448 e. The van der Waals surface area contributed by atoms with Crippen molar-refractivity contribution < 1.29 is 13.9 Å². The average molecular weight is 374 g/mol. The van der Waals surface area contributed by atoms with Gasteiger partial charge < -0.3 is 9.47 Å². The summed E-state index contributed by atoms with van der Waals surface area (Å²) in [6.07, 6.45) is 0. The van der Waals surface area contributed by atoms with E-state index < -0.39 is 5.82 Å². The number of hydrogen-bond donors (Lipinski definition) is 0. The van der Waals surface area contributed by atoms with Crippen molar-refractivity contribution in [3.05, 3.63) is 43.1 Å². The second-order valence-corrected chi connectivity index (χ2v) is 5.78. The van der Waals surface area contributed by atoms with Gasteiger partial charge in [0.2, 0.25) is 0 Å². The summed E-state index contributed by atoms with van der Waals surface area (Å²) in [6, 6.07) is 2.88. The van der Waals surface area contributed by atoms with Crippen molar-refractivity contribution in [3.8, 4) is 23.0 Å². The topological polar surface area (TPSA) is 18.5 Å². The van der Waals surface area contributed by atoms with Gasteiger partial charge in [0.1, 0.15) is 15.1 Å². The minimum absolute atomic E-state index is 0.0222. The lowest BCUT2D eigenvalue weighted by Crippen LogP contribution is -2.02. The Morgan fingerprint density at radius 2 is 1.15 bits per heavy atom. The molecule has 0 aromatic heterocycles. The van der Waals surface area contributed by atoms with Gasteiger partial charge in [-0.3, -0.25) is 0 Å². The molecule has 0 unspecified atom stereocenters. The molecule has 2 nitrogen and oxygen atoms in total. The van der Waals surface area contributed by atoms with Crippen LogP contribution >= 0.6 is 58.0 Å². The van der Waals surface area contributed by atoms with E-state index in [9.17, 15) is 4.39 Å². The van der Waals surface area contributed by atoms with E-state index >= 15 is 0 Å². The Morgan fingerprint density at radius 1 is 0.700 bits per heavy atom. The number of ether oxygens (including phenoxy) is 2. The van der Waals surface area contributed by atoms with Crippen molar-refractivity contribution in [1.82, 2.24) is 0 Å². The Balaban J connectivity index is 2.23. The van der Waals surface area contributed by atoms with Gasteiger partial charge in [-0.25, -0.2) is 4.39 Å². The second kappa shape index (κ2) is 5.00. The molecular weight excluding hydrogens is 372 g/mol. The van der Waals surface area contributed by atoms with Crippen molar-refractivity contribution in [2.45, 2.75) is 0 Å². The maximum absolute atomic E-state index is 13.8. The molecule has 0 N–H and O–H groups in total. The Kier molecular flexibility index (Phi) is 3.59. The lowest BCUT2D eigenvalue weighted by atomic mass is 10.2. The van der Waals surface area contributed by atoms with E-state index in [1.165, 1.54) is 12.1 Å². The van der Waals surface area contributed by atoms with Crippen LogP contribution in [0.4, 0.5) is 4.39 Å². The summed E-state index contributed by atoms with van der Waals surface area (Å²) >= 11 is 29.3. The fraction of sp³-hybridized carbons (Fsp3) is 0. The third kappa shape index (κ3) is 2.09. The molecule has 0 radical (unpaired) electrons. The molecule has 1 heterocycles. The molecular formula is C12H2Cl5FO2. The van der Waals surface area contributed by atoms with E-state index in [-0.39, 0.29) is 48.1 Å². The van der Waals surface area contributed by atoms with E-state index in [2.05, 4.69) is 0 Å². The van der Waals surface area contributed by atoms with Gasteiger partial charge >= 0.3 is 0 Å². The summed E-state index contributed by atoms with van der Waals surface area (Å²) in [5.74, 6) is -0.415. The minimum atomic E-state index is -0.885. The van der Waals surface area contributed by atoms with Crippen LogP contribution in [-0.2, 0) is 0 Å². The first-order chi connectivity index (χ1) is 9.40. The minimum Gasteiger partial charge on any atom is -0.448 e. The molecule has 8 heteroatoms. The monoisotopic (exact) mass is 372 g/mol. The maximum Gasteiger partial charge on any atom is 0.193 e. The molecule has 1 aliphatic heterocycles. The molecule has 3 rings (SSSR count). The van der Waals surface area contributed by atoms with E-state index in [1.54, 1.807) is 0 Å². The highest BCUT2D eigenvalue weighted by atomic mass is 35.5. The highest BCUT2D eigenvalue weighted by Crippen LogP contribution is 2.55. The molecule has 0 saturated carbocycles. The molecule has 0 fully saturated rings. The van der Waals surface area contributed by atoms with Crippen LogP contribution in [0, 0.1) is 5.82 Å². The van der Waals surface area contributed by atoms with Gasteiger partial charge in [-0.05, 0) is 0 Å². The molecule has 0 aliphatic carbocycles. The molecule has 0 atom stereocenters. The van der Waals surface area contributed by atoms with Gasteiger partial charge in [0.15, 0.2) is 28.8 Å². The van der Waals surface area contributed by atoms with E-state index in [1.807, 2.05) is 0 Å². The molecule has 20 heavy (non-hydrogen) atoms. The fourth-order valence-corrected chi connectivity index (χ4v) is 2.63. The first-order valence-corrected chi connectivity index (χ1v) is 6.99. The predicted octanol–water partition coefficient (Wildman–Crippen LogP) is 6.99. The van der Waals surface area contributed by atoms with Crippen LogP contribution in [0.1, 0.15) is 0 Å². The number of halogens is 6. The lowest BCUT2D eigenvalue weighted by Gasteiger charge is -2.23. The zero-order valence-corrected chi connectivity index (χ0v) is 13.0. The highest BCUT2D eigenvalue weighted by Gasteiger charge is 2.30. The fourth-order valence-electron chi connectivity index (χ4n) is 1.66. The van der Waals surface area contributed by atoms with Crippen molar-refractivity contribution in [3.63, 3.8) is 0 Å². The van der Waals surface area contributed by atoms with Crippen LogP contribution in [0.15, 0.2) is 12.1 Å². The third-order valence-electron chi connectivity index (χ3n) is 2.59.